The van der Waals surface area contributed by atoms with Gasteiger partial charge in [-0.25, -0.2) is 0 Å². The third-order valence-electron chi connectivity index (χ3n) is 2.80. The minimum atomic E-state index is 0.500. The Bertz CT molecular complexity index is 228. The van der Waals surface area contributed by atoms with E-state index in [0.29, 0.717) is 17.2 Å². The first-order valence-corrected chi connectivity index (χ1v) is 6.75. The van der Waals surface area contributed by atoms with Crippen molar-refractivity contribution in [3.8, 4) is 0 Å². The Hall–Kier alpha value is -0.380. The number of hydrogen-bond donors (Lipinski definition) is 1. The molecule has 0 radical (unpaired) electrons. The van der Waals surface area contributed by atoms with Gasteiger partial charge >= 0.3 is 0 Å². The van der Waals surface area contributed by atoms with Gasteiger partial charge in [0, 0.05) is 30.1 Å². The predicted octanol–water partition coefficient (Wildman–Crippen LogP) is 1.78. The van der Waals surface area contributed by atoms with Crippen LogP contribution in [-0.4, -0.2) is 41.0 Å². The molecule has 15 heavy (non-hydrogen) atoms. The van der Waals surface area contributed by atoms with E-state index in [2.05, 4.69) is 37.6 Å². The highest BCUT2D eigenvalue weighted by Crippen LogP contribution is 2.23. The summed E-state index contributed by atoms with van der Waals surface area (Å²) in [4.78, 5) is 6.68. The van der Waals surface area contributed by atoms with Gasteiger partial charge in [-0.3, -0.25) is 4.99 Å². The summed E-state index contributed by atoms with van der Waals surface area (Å²) in [6.45, 7) is 10.7. The maximum atomic E-state index is 6.02. The van der Waals surface area contributed by atoms with E-state index in [1.165, 1.54) is 0 Å². The SMILES string of the molecule is CC(C)CN=C(N)N1CCSC(C)C1C. The highest BCUT2D eigenvalue weighted by molar-refractivity contribution is 8.00. The van der Waals surface area contributed by atoms with Crippen LogP contribution >= 0.6 is 11.8 Å². The molecule has 1 heterocycles. The zero-order chi connectivity index (χ0) is 11.4. The Morgan fingerprint density at radius 3 is 2.80 bits per heavy atom. The lowest BCUT2D eigenvalue weighted by molar-refractivity contribution is 0.329. The molecule has 2 N–H and O–H groups in total. The minimum Gasteiger partial charge on any atom is -0.370 e. The highest BCUT2D eigenvalue weighted by atomic mass is 32.2. The average molecular weight is 229 g/mol. The topological polar surface area (TPSA) is 41.6 Å². The third kappa shape index (κ3) is 3.59. The molecule has 3 nitrogen and oxygen atoms in total. The second-order valence-electron chi connectivity index (χ2n) is 4.60. The zero-order valence-electron chi connectivity index (χ0n) is 10.2. The van der Waals surface area contributed by atoms with Crippen LogP contribution in [0.2, 0.25) is 0 Å². The molecule has 0 spiro atoms. The summed E-state index contributed by atoms with van der Waals surface area (Å²) in [5, 5.41) is 0.645. The molecule has 1 fully saturated rings. The average Bonchev–Trinajstić information content (AvgIpc) is 2.18. The first-order valence-electron chi connectivity index (χ1n) is 5.70. The van der Waals surface area contributed by atoms with E-state index < -0.39 is 0 Å². The molecule has 88 valence electrons. The predicted molar refractivity (Wildman–Crippen MR) is 69.4 cm³/mol. The lowest BCUT2D eigenvalue weighted by Crippen LogP contribution is -2.51. The van der Waals surface area contributed by atoms with Crippen LogP contribution in [0.3, 0.4) is 0 Å². The molecule has 2 unspecified atom stereocenters. The lowest BCUT2D eigenvalue weighted by Gasteiger charge is -2.38. The van der Waals surface area contributed by atoms with Crippen molar-refractivity contribution in [2.24, 2.45) is 16.6 Å². The number of nitrogens with two attached hydrogens (primary N) is 1. The molecule has 2 atom stereocenters. The van der Waals surface area contributed by atoms with E-state index in [1.54, 1.807) is 0 Å². The summed E-state index contributed by atoms with van der Waals surface area (Å²) >= 11 is 2.02. The van der Waals surface area contributed by atoms with E-state index in [1.807, 2.05) is 11.8 Å². The number of aliphatic imine (C=N–C) groups is 1. The van der Waals surface area contributed by atoms with Crippen molar-refractivity contribution in [2.75, 3.05) is 18.8 Å². The van der Waals surface area contributed by atoms with E-state index >= 15 is 0 Å². The fraction of sp³-hybridized carbons (Fsp3) is 0.909. The van der Waals surface area contributed by atoms with Crippen LogP contribution in [0.25, 0.3) is 0 Å². The van der Waals surface area contributed by atoms with Crippen molar-refractivity contribution < 1.29 is 0 Å². The van der Waals surface area contributed by atoms with Gasteiger partial charge in [0.15, 0.2) is 5.96 Å². The number of rotatable bonds is 2. The molecular formula is C11H23N3S. The third-order valence-corrected chi connectivity index (χ3v) is 4.13. The largest absolute Gasteiger partial charge is 0.370 e. The summed E-state index contributed by atoms with van der Waals surface area (Å²) in [7, 11) is 0. The molecule has 0 aromatic carbocycles. The zero-order valence-corrected chi connectivity index (χ0v) is 11.0. The summed E-state index contributed by atoms with van der Waals surface area (Å²) in [5.41, 5.74) is 6.02. The summed E-state index contributed by atoms with van der Waals surface area (Å²) in [6.07, 6.45) is 0. The summed E-state index contributed by atoms with van der Waals surface area (Å²) in [6, 6.07) is 0.500. The Kier molecular flexibility index (Phi) is 4.77. The van der Waals surface area contributed by atoms with Crippen LogP contribution in [-0.2, 0) is 0 Å². The molecule has 4 heteroatoms. The fourth-order valence-corrected chi connectivity index (χ4v) is 2.72. The summed E-state index contributed by atoms with van der Waals surface area (Å²) < 4.78 is 0. The standard InChI is InChI=1S/C11H23N3S/c1-8(2)7-13-11(12)14-5-6-15-10(4)9(14)3/h8-10H,5-7H2,1-4H3,(H2,12,13). The monoisotopic (exact) mass is 229 g/mol. The first-order chi connectivity index (χ1) is 7.02. The highest BCUT2D eigenvalue weighted by Gasteiger charge is 2.26. The molecule has 1 aliphatic heterocycles. The Labute approximate surface area is 97.5 Å². The Morgan fingerprint density at radius 1 is 1.53 bits per heavy atom. The van der Waals surface area contributed by atoms with Crippen molar-refractivity contribution in [1.82, 2.24) is 4.90 Å². The molecular weight excluding hydrogens is 206 g/mol. The van der Waals surface area contributed by atoms with Gasteiger partial charge in [0.25, 0.3) is 0 Å². The van der Waals surface area contributed by atoms with Crippen LogP contribution in [0.15, 0.2) is 4.99 Å². The molecule has 0 aliphatic carbocycles. The van der Waals surface area contributed by atoms with Crippen LogP contribution in [0.5, 0.6) is 0 Å². The molecule has 1 saturated heterocycles. The van der Waals surface area contributed by atoms with Gasteiger partial charge in [-0.1, -0.05) is 20.8 Å². The van der Waals surface area contributed by atoms with Gasteiger partial charge < -0.3 is 10.6 Å². The van der Waals surface area contributed by atoms with Gasteiger partial charge in [-0.2, -0.15) is 11.8 Å². The van der Waals surface area contributed by atoms with Gasteiger partial charge in [-0.15, -0.1) is 0 Å². The van der Waals surface area contributed by atoms with E-state index in [-0.39, 0.29) is 0 Å². The normalized spacial score (nSPS) is 28.6. The molecule has 0 aromatic heterocycles. The van der Waals surface area contributed by atoms with Crippen molar-refractivity contribution in [3.05, 3.63) is 0 Å². The first kappa shape index (κ1) is 12.7. The van der Waals surface area contributed by atoms with Gasteiger partial charge in [0.1, 0.15) is 0 Å². The second-order valence-corrected chi connectivity index (χ2v) is 6.09. The van der Waals surface area contributed by atoms with Crippen LogP contribution < -0.4 is 5.73 Å². The van der Waals surface area contributed by atoms with E-state index in [4.69, 9.17) is 5.73 Å². The molecule has 1 aliphatic rings. The van der Waals surface area contributed by atoms with E-state index in [9.17, 15) is 0 Å². The number of hydrogen-bond acceptors (Lipinski definition) is 2. The number of thioether (sulfide) groups is 1. The van der Waals surface area contributed by atoms with Crippen molar-refractivity contribution in [3.63, 3.8) is 0 Å². The van der Waals surface area contributed by atoms with Crippen LogP contribution in [0.4, 0.5) is 0 Å². The quantitative estimate of drug-likeness (QED) is 0.580. The van der Waals surface area contributed by atoms with Crippen molar-refractivity contribution >= 4 is 17.7 Å². The Morgan fingerprint density at radius 2 is 2.20 bits per heavy atom. The minimum absolute atomic E-state index is 0.500. The molecule has 0 amide bonds. The van der Waals surface area contributed by atoms with Crippen LogP contribution in [0, 0.1) is 5.92 Å². The smallest absolute Gasteiger partial charge is 0.191 e. The number of guanidine groups is 1. The lowest BCUT2D eigenvalue weighted by atomic mass is 10.2. The van der Waals surface area contributed by atoms with Crippen LogP contribution in [0.1, 0.15) is 27.7 Å². The molecule has 0 saturated carbocycles. The summed E-state index contributed by atoms with van der Waals surface area (Å²) in [5.74, 6) is 2.46. The maximum Gasteiger partial charge on any atom is 0.191 e. The molecule has 0 aromatic rings. The van der Waals surface area contributed by atoms with Gasteiger partial charge in [-0.05, 0) is 12.8 Å². The van der Waals surface area contributed by atoms with Crippen molar-refractivity contribution in [1.29, 1.82) is 0 Å². The van der Waals surface area contributed by atoms with Gasteiger partial charge in [0.05, 0.1) is 0 Å². The Balaban J connectivity index is 2.57. The van der Waals surface area contributed by atoms with Gasteiger partial charge in [0.2, 0.25) is 0 Å². The van der Waals surface area contributed by atoms with E-state index in [0.717, 1.165) is 24.8 Å². The molecule has 1 rings (SSSR count). The maximum absolute atomic E-state index is 6.02. The fourth-order valence-electron chi connectivity index (χ4n) is 1.62. The van der Waals surface area contributed by atoms with Crippen molar-refractivity contribution in [2.45, 2.75) is 39.0 Å². The second kappa shape index (κ2) is 5.64. The molecule has 0 bridgehead atoms. The number of nitrogens with zero attached hydrogens (tertiary/aromatic N) is 2.